The zero-order chi connectivity index (χ0) is 46.0. The molecule has 0 aliphatic heterocycles. The molecule has 10 aromatic carbocycles. The molecule has 0 saturated heterocycles. The normalized spacial score (nSPS) is 13.0. The van der Waals surface area contributed by atoms with Crippen LogP contribution in [0.2, 0.25) is 0 Å². The summed E-state index contributed by atoms with van der Waals surface area (Å²) in [5, 5.41) is 6.97. The molecule has 3 aromatic heterocycles. The number of furan rings is 2. The number of anilines is 3. The minimum atomic E-state index is -0.267. The second-order valence-electron chi connectivity index (χ2n) is 18.9. The summed E-state index contributed by atoms with van der Waals surface area (Å²) in [6, 6.07) is 76.8. The van der Waals surface area contributed by atoms with Crippen LogP contribution in [0.3, 0.4) is 0 Å². The van der Waals surface area contributed by atoms with Crippen LogP contribution in [0.15, 0.2) is 228 Å². The van der Waals surface area contributed by atoms with Crippen LogP contribution >= 0.6 is 0 Å². The summed E-state index contributed by atoms with van der Waals surface area (Å²) in [7, 11) is 0. The smallest absolute Gasteiger partial charge is 0.143 e. The van der Waals surface area contributed by atoms with E-state index in [1.807, 2.05) is 18.2 Å². The zero-order valence-electron chi connectivity index (χ0n) is 38.2. The largest absolute Gasteiger partial charge is 0.455 e. The fourth-order valence-corrected chi connectivity index (χ4v) is 11.4. The summed E-state index contributed by atoms with van der Waals surface area (Å²) in [5.41, 5.74) is 20.6. The van der Waals surface area contributed by atoms with Crippen molar-refractivity contribution >= 4 is 88.8 Å². The maximum absolute atomic E-state index is 6.63. The van der Waals surface area contributed by atoms with Crippen molar-refractivity contribution in [3.63, 3.8) is 0 Å². The van der Waals surface area contributed by atoms with Crippen molar-refractivity contribution < 1.29 is 8.83 Å². The number of nitrogens with zero attached hydrogens (tertiary/aromatic N) is 2. The molecule has 0 radical (unpaired) electrons. The second kappa shape index (κ2) is 14.8. The predicted molar refractivity (Wildman–Crippen MR) is 289 cm³/mol. The molecule has 1 aliphatic carbocycles. The van der Waals surface area contributed by atoms with Gasteiger partial charge in [-0.05, 0) is 100 Å². The van der Waals surface area contributed by atoms with Crippen molar-refractivity contribution in [2.75, 3.05) is 4.90 Å². The molecule has 0 unspecified atom stereocenters. The Kier molecular flexibility index (Phi) is 8.45. The van der Waals surface area contributed by atoms with Gasteiger partial charge in [-0.1, -0.05) is 172 Å². The fourth-order valence-electron chi connectivity index (χ4n) is 11.4. The van der Waals surface area contributed by atoms with Crippen molar-refractivity contribution in [2.45, 2.75) is 19.3 Å². The van der Waals surface area contributed by atoms with Gasteiger partial charge in [-0.3, -0.25) is 0 Å². The van der Waals surface area contributed by atoms with E-state index in [0.29, 0.717) is 0 Å². The van der Waals surface area contributed by atoms with Crippen LogP contribution in [-0.4, -0.2) is 4.57 Å². The molecule has 0 spiro atoms. The molecular weight excluding hydrogens is 841 g/mol. The van der Waals surface area contributed by atoms with E-state index in [0.717, 1.165) is 88.8 Å². The Morgan fingerprint density at radius 1 is 0.420 bits per heavy atom. The number of rotatable bonds is 7. The van der Waals surface area contributed by atoms with E-state index in [-0.39, 0.29) is 5.41 Å². The van der Waals surface area contributed by atoms with E-state index in [9.17, 15) is 0 Å². The first-order chi connectivity index (χ1) is 33.9. The lowest BCUT2D eigenvalue weighted by Gasteiger charge is -2.28. The summed E-state index contributed by atoms with van der Waals surface area (Å²) < 4.78 is 15.5. The Morgan fingerprint density at radius 2 is 0.913 bits per heavy atom. The van der Waals surface area contributed by atoms with Gasteiger partial charge in [-0.15, -0.1) is 0 Å². The summed E-state index contributed by atoms with van der Waals surface area (Å²) in [4.78, 5) is 2.39. The van der Waals surface area contributed by atoms with Crippen LogP contribution in [0.4, 0.5) is 17.1 Å². The quantitative estimate of drug-likeness (QED) is 0.160. The number of hydrogen-bond donors (Lipinski definition) is 0. The zero-order valence-corrected chi connectivity index (χ0v) is 38.2. The van der Waals surface area contributed by atoms with Gasteiger partial charge in [0.25, 0.3) is 0 Å². The van der Waals surface area contributed by atoms with Gasteiger partial charge in [0, 0.05) is 77.2 Å². The van der Waals surface area contributed by atoms with E-state index in [4.69, 9.17) is 8.83 Å². The molecule has 14 rings (SSSR count). The minimum Gasteiger partial charge on any atom is -0.455 e. The predicted octanol–water partition coefficient (Wildman–Crippen LogP) is 18.3. The SMILES string of the molecule is C=Cc1cccc2c1oc1c(-c3ccc(N(c4ccc(-c5cccc6c5oc5ccccc56)cc4)c4ccc5c(c4)C(C)(C)c4cc(-n6c7ccccc7c7ccccc76)ccc4-5)cc3)cccc12. The highest BCUT2D eigenvalue weighted by Gasteiger charge is 2.37. The first-order valence-electron chi connectivity index (χ1n) is 23.7. The maximum Gasteiger partial charge on any atom is 0.143 e. The van der Waals surface area contributed by atoms with Crippen LogP contribution in [0.25, 0.3) is 111 Å². The van der Waals surface area contributed by atoms with Crippen molar-refractivity contribution in [2.24, 2.45) is 0 Å². The number of fused-ring (bicyclic) bond motifs is 12. The molecule has 0 fully saturated rings. The first kappa shape index (κ1) is 39.3. The van der Waals surface area contributed by atoms with E-state index in [1.54, 1.807) is 0 Å². The van der Waals surface area contributed by atoms with Crippen molar-refractivity contribution in [1.29, 1.82) is 0 Å². The summed E-state index contributed by atoms with van der Waals surface area (Å²) in [6.07, 6.45) is 1.86. The number of aromatic nitrogens is 1. The maximum atomic E-state index is 6.63. The van der Waals surface area contributed by atoms with Crippen LogP contribution in [-0.2, 0) is 5.41 Å². The Labute approximate surface area is 399 Å². The molecule has 4 heteroatoms. The fraction of sp³-hybridized carbons (Fsp3) is 0.0462. The number of benzene rings is 10. The van der Waals surface area contributed by atoms with Gasteiger partial charge in [-0.2, -0.15) is 0 Å². The van der Waals surface area contributed by atoms with Gasteiger partial charge >= 0.3 is 0 Å². The topological polar surface area (TPSA) is 34.5 Å². The molecular formula is C65H44N2O2. The molecule has 0 saturated carbocycles. The van der Waals surface area contributed by atoms with Gasteiger partial charge in [0.1, 0.15) is 22.3 Å². The van der Waals surface area contributed by atoms with Crippen molar-refractivity contribution in [1.82, 2.24) is 4.57 Å². The molecule has 0 N–H and O–H groups in total. The van der Waals surface area contributed by atoms with E-state index < -0.39 is 0 Å². The van der Waals surface area contributed by atoms with E-state index in [2.05, 4.69) is 230 Å². The molecule has 0 bridgehead atoms. The molecule has 0 amide bonds. The number of hydrogen-bond acceptors (Lipinski definition) is 3. The lowest BCUT2D eigenvalue weighted by atomic mass is 9.82. The van der Waals surface area contributed by atoms with Crippen LogP contribution in [0.5, 0.6) is 0 Å². The lowest BCUT2D eigenvalue weighted by molar-refractivity contribution is 0.660. The monoisotopic (exact) mass is 884 g/mol. The van der Waals surface area contributed by atoms with Crippen LogP contribution in [0, 0.1) is 0 Å². The average molecular weight is 885 g/mol. The molecule has 326 valence electrons. The third kappa shape index (κ3) is 5.82. The third-order valence-electron chi connectivity index (χ3n) is 14.8. The molecule has 13 aromatic rings. The number of para-hydroxylation sites is 6. The standard InChI is InChI=1S/C65H44N2O2/c1-4-40-14-11-20-55-56-22-13-19-48(64(56)69-62(40)55)42-28-32-44(33-29-42)66(43-30-26-41(27-31-43)47-18-12-21-54-53-17-7-10-25-61(53)68-63(47)54)45-34-36-49-50-37-35-46(39-58(50)65(2,3)57(49)38-45)67-59-23-8-5-15-51(59)52-16-6-9-24-60(52)67/h4-39H,1H2,2-3H3. The molecule has 4 nitrogen and oxygen atoms in total. The molecule has 3 heterocycles. The highest BCUT2D eigenvalue weighted by molar-refractivity contribution is 6.12. The minimum absolute atomic E-state index is 0.267. The first-order valence-corrected chi connectivity index (χ1v) is 23.7. The van der Waals surface area contributed by atoms with Crippen LogP contribution in [0.1, 0.15) is 30.5 Å². The van der Waals surface area contributed by atoms with Gasteiger partial charge < -0.3 is 18.3 Å². The van der Waals surface area contributed by atoms with Gasteiger partial charge in [0.05, 0.1) is 11.0 Å². The van der Waals surface area contributed by atoms with Gasteiger partial charge in [-0.25, -0.2) is 0 Å². The lowest BCUT2D eigenvalue weighted by Crippen LogP contribution is -2.17. The van der Waals surface area contributed by atoms with E-state index in [1.165, 1.54) is 49.7 Å². The second-order valence-corrected chi connectivity index (χ2v) is 18.9. The summed E-state index contributed by atoms with van der Waals surface area (Å²) >= 11 is 0. The highest BCUT2D eigenvalue weighted by Crippen LogP contribution is 2.52. The van der Waals surface area contributed by atoms with Gasteiger partial charge in [0.15, 0.2) is 0 Å². The third-order valence-corrected chi connectivity index (χ3v) is 14.8. The molecule has 1 aliphatic rings. The Bertz CT molecular complexity index is 4180. The average Bonchev–Trinajstić information content (AvgIpc) is 4.13. The Balaban J connectivity index is 0.889. The van der Waals surface area contributed by atoms with Crippen LogP contribution < -0.4 is 4.90 Å². The highest BCUT2D eigenvalue weighted by atomic mass is 16.3. The molecule has 0 atom stereocenters. The van der Waals surface area contributed by atoms with Crippen molar-refractivity contribution in [3.8, 4) is 39.1 Å². The molecule has 69 heavy (non-hydrogen) atoms. The Hall–Kier alpha value is -8.86. The van der Waals surface area contributed by atoms with E-state index >= 15 is 0 Å². The van der Waals surface area contributed by atoms with Crippen molar-refractivity contribution in [3.05, 3.63) is 236 Å². The summed E-state index contributed by atoms with van der Waals surface area (Å²) in [5.74, 6) is 0. The summed E-state index contributed by atoms with van der Waals surface area (Å²) in [6.45, 7) is 8.80. The Morgan fingerprint density at radius 3 is 1.55 bits per heavy atom. The van der Waals surface area contributed by atoms with Gasteiger partial charge in [0.2, 0.25) is 0 Å².